The number of nitro groups is 1. The standard InChI is InChI=1S/C12H14FN3O3/c13-9-6-7(16(18)19)4-5-8(9)12(17)15-11-3-1-2-10(11)14/h4-6,10-11H,1-3,14H2,(H,15,17). The number of carbonyl (C=O) groups is 1. The van der Waals surface area contributed by atoms with E-state index in [0.29, 0.717) is 0 Å². The maximum absolute atomic E-state index is 13.6. The highest BCUT2D eigenvalue weighted by Gasteiger charge is 2.26. The zero-order valence-corrected chi connectivity index (χ0v) is 10.1. The van der Waals surface area contributed by atoms with Gasteiger partial charge in [-0.05, 0) is 25.3 Å². The number of non-ortho nitro benzene ring substituents is 1. The van der Waals surface area contributed by atoms with Crippen molar-refractivity contribution in [2.75, 3.05) is 0 Å². The molecule has 1 fully saturated rings. The van der Waals surface area contributed by atoms with Crippen molar-refractivity contribution >= 4 is 11.6 Å². The van der Waals surface area contributed by atoms with Crippen molar-refractivity contribution in [3.05, 3.63) is 39.7 Å². The lowest BCUT2D eigenvalue weighted by atomic mass is 10.1. The topological polar surface area (TPSA) is 98.3 Å². The van der Waals surface area contributed by atoms with Crippen LogP contribution in [0.5, 0.6) is 0 Å². The Hall–Kier alpha value is -2.02. The Morgan fingerprint density at radius 2 is 2.21 bits per heavy atom. The average Bonchev–Trinajstić information content (AvgIpc) is 2.74. The molecule has 2 rings (SSSR count). The second-order valence-electron chi connectivity index (χ2n) is 4.60. The van der Waals surface area contributed by atoms with Gasteiger partial charge in [-0.1, -0.05) is 0 Å². The van der Waals surface area contributed by atoms with Crippen LogP contribution in [0.15, 0.2) is 18.2 Å². The van der Waals surface area contributed by atoms with Crippen molar-refractivity contribution in [3.8, 4) is 0 Å². The fourth-order valence-corrected chi connectivity index (χ4v) is 2.22. The number of nitro benzene ring substituents is 1. The van der Waals surface area contributed by atoms with Crippen LogP contribution in [0.2, 0.25) is 0 Å². The Morgan fingerprint density at radius 1 is 1.47 bits per heavy atom. The first-order chi connectivity index (χ1) is 8.99. The Bertz CT molecular complexity index is 521. The molecule has 0 heterocycles. The highest BCUT2D eigenvalue weighted by Crippen LogP contribution is 2.20. The summed E-state index contributed by atoms with van der Waals surface area (Å²) in [5, 5.41) is 13.1. The van der Waals surface area contributed by atoms with E-state index in [-0.39, 0.29) is 23.3 Å². The van der Waals surface area contributed by atoms with Crippen molar-refractivity contribution in [2.45, 2.75) is 31.3 Å². The SMILES string of the molecule is NC1CCCC1NC(=O)c1ccc([N+](=O)[O-])cc1F. The zero-order chi connectivity index (χ0) is 14.0. The van der Waals surface area contributed by atoms with Crippen LogP contribution < -0.4 is 11.1 Å². The van der Waals surface area contributed by atoms with Gasteiger partial charge < -0.3 is 11.1 Å². The summed E-state index contributed by atoms with van der Waals surface area (Å²) in [5.41, 5.74) is 5.22. The van der Waals surface area contributed by atoms with Gasteiger partial charge in [0.2, 0.25) is 0 Å². The summed E-state index contributed by atoms with van der Waals surface area (Å²) < 4.78 is 13.6. The van der Waals surface area contributed by atoms with Crippen LogP contribution in [-0.2, 0) is 0 Å². The molecule has 7 heteroatoms. The number of hydrogen-bond acceptors (Lipinski definition) is 4. The van der Waals surface area contributed by atoms with Crippen LogP contribution in [0, 0.1) is 15.9 Å². The molecule has 102 valence electrons. The molecular formula is C12H14FN3O3. The Balaban J connectivity index is 2.13. The van der Waals surface area contributed by atoms with Gasteiger partial charge >= 0.3 is 0 Å². The van der Waals surface area contributed by atoms with Gasteiger partial charge in [0.25, 0.3) is 11.6 Å². The lowest BCUT2D eigenvalue weighted by molar-refractivity contribution is -0.385. The summed E-state index contributed by atoms with van der Waals surface area (Å²) in [7, 11) is 0. The van der Waals surface area contributed by atoms with E-state index < -0.39 is 16.6 Å². The maximum atomic E-state index is 13.6. The fourth-order valence-electron chi connectivity index (χ4n) is 2.22. The number of carbonyl (C=O) groups excluding carboxylic acids is 1. The van der Waals surface area contributed by atoms with Crippen molar-refractivity contribution in [3.63, 3.8) is 0 Å². The van der Waals surface area contributed by atoms with Crippen LogP contribution in [0.25, 0.3) is 0 Å². The third kappa shape index (κ3) is 2.87. The van der Waals surface area contributed by atoms with Crippen LogP contribution in [0.3, 0.4) is 0 Å². The van der Waals surface area contributed by atoms with E-state index in [1.54, 1.807) is 0 Å². The van der Waals surface area contributed by atoms with Gasteiger partial charge in [0.1, 0.15) is 5.82 Å². The number of rotatable bonds is 3. The Kier molecular flexibility index (Phi) is 3.75. The molecule has 0 bridgehead atoms. The summed E-state index contributed by atoms with van der Waals surface area (Å²) in [4.78, 5) is 21.6. The van der Waals surface area contributed by atoms with E-state index in [4.69, 9.17) is 5.73 Å². The molecule has 1 aliphatic rings. The molecule has 6 nitrogen and oxygen atoms in total. The van der Waals surface area contributed by atoms with Crippen LogP contribution in [-0.4, -0.2) is 22.9 Å². The van der Waals surface area contributed by atoms with E-state index in [2.05, 4.69) is 5.32 Å². The molecule has 2 unspecified atom stereocenters. The van der Waals surface area contributed by atoms with Crippen molar-refractivity contribution in [1.29, 1.82) is 0 Å². The third-order valence-electron chi connectivity index (χ3n) is 3.29. The van der Waals surface area contributed by atoms with Gasteiger partial charge in [0.05, 0.1) is 16.6 Å². The normalized spacial score (nSPS) is 22.2. The molecule has 0 radical (unpaired) electrons. The van der Waals surface area contributed by atoms with E-state index >= 15 is 0 Å². The molecule has 0 spiro atoms. The molecule has 2 atom stereocenters. The molecule has 0 aromatic heterocycles. The van der Waals surface area contributed by atoms with E-state index in [1.165, 1.54) is 0 Å². The van der Waals surface area contributed by atoms with E-state index in [1.807, 2.05) is 0 Å². The molecular weight excluding hydrogens is 253 g/mol. The number of nitrogens with one attached hydrogen (secondary N) is 1. The number of nitrogens with zero attached hydrogens (tertiary/aromatic N) is 1. The maximum Gasteiger partial charge on any atom is 0.272 e. The largest absolute Gasteiger partial charge is 0.348 e. The Labute approximate surface area is 108 Å². The van der Waals surface area contributed by atoms with Gasteiger partial charge in [-0.2, -0.15) is 0 Å². The summed E-state index contributed by atoms with van der Waals surface area (Å²) in [6.07, 6.45) is 2.52. The van der Waals surface area contributed by atoms with Crippen molar-refractivity contribution in [1.82, 2.24) is 5.32 Å². The highest BCUT2D eigenvalue weighted by molar-refractivity contribution is 5.95. The number of halogens is 1. The lowest BCUT2D eigenvalue weighted by Gasteiger charge is -2.17. The minimum Gasteiger partial charge on any atom is -0.348 e. The summed E-state index contributed by atoms with van der Waals surface area (Å²) in [6, 6.07) is 2.67. The molecule has 19 heavy (non-hydrogen) atoms. The summed E-state index contributed by atoms with van der Waals surface area (Å²) >= 11 is 0. The molecule has 1 amide bonds. The molecule has 1 aromatic carbocycles. The highest BCUT2D eigenvalue weighted by atomic mass is 19.1. The molecule has 1 aromatic rings. The first kappa shape index (κ1) is 13.4. The number of hydrogen-bond donors (Lipinski definition) is 2. The first-order valence-corrected chi connectivity index (χ1v) is 5.99. The van der Waals surface area contributed by atoms with Gasteiger partial charge in [-0.15, -0.1) is 0 Å². The van der Waals surface area contributed by atoms with Crippen LogP contribution >= 0.6 is 0 Å². The van der Waals surface area contributed by atoms with Crippen LogP contribution in [0.4, 0.5) is 10.1 Å². The van der Waals surface area contributed by atoms with Crippen molar-refractivity contribution < 1.29 is 14.1 Å². The van der Waals surface area contributed by atoms with E-state index in [9.17, 15) is 19.3 Å². The Morgan fingerprint density at radius 3 is 2.74 bits per heavy atom. The predicted molar refractivity (Wildman–Crippen MR) is 66.1 cm³/mol. The summed E-state index contributed by atoms with van der Waals surface area (Å²) in [6.45, 7) is 0. The molecule has 3 N–H and O–H groups in total. The second-order valence-corrected chi connectivity index (χ2v) is 4.60. The minimum atomic E-state index is -0.904. The average molecular weight is 267 g/mol. The zero-order valence-electron chi connectivity index (χ0n) is 10.1. The monoisotopic (exact) mass is 267 g/mol. The number of benzene rings is 1. The molecule has 0 aliphatic heterocycles. The quantitative estimate of drug-likeness (QED) is 0.637. The van der Waals surface area contributed by atoms with E-state index in [0.717, 1.165) is 37.5 Å². The van der Waals surface area contributed by atoms with Gasteiger partial charge in [-0.3, -0.25) is 14.9 Å². The van der Waals surface area contributed by atoms with Gasteiger partial charge in [0.15, 0.2) is 0 Å². The first-order valence-electron chi connectivity index (χ1n) is 5.99. The second kappa shape index (κ2) is 5.31. The predicted octanol–water partition coefficient (Wildman–Crippen LogP) is 1.34. The van der Waals surface area contributed by atoms with Crippen LogP contribution in [0.1, 0.15) is 29.6 Å². The molecule has 1 saturated carbocycles. The summed E-state index contributed by atoms with van der Waals surface area (Å²) in [5.74, 6) is -1.49. The minimum absolute atomic E-state index is 0.120. The lowest BCUT2D eigenvalue weighted by Crippen LogP contribution is -2.44. The number of nitrogens with two attached hydrogens (primary N) is 1. The molecule has 1 aliphatic carbocycles. The fraction of sp³-hybridized carbons (Fsp3) is 0.417. The van der Waals surface area contributed by atoms with Gasteiger partial charge in [-0.25, -0.2) is 4.39 Å². The van der Waals surface area contributed by atoms with Crippen molar-refractivity contribution in [2.24, 2.45) is 5.73 Å². The third-order valence-corrected chi connectivity index (χ3v) is 3.29. The van der Waals surface area contributed by atoms with Gasteiger partial charge in [0, 0.05) is 18.2 Å². The number of amides is 1. The molecule has 0 saturated heterocycles. The smallest absolute Gasteiger partial charge is 0.272 e.